The zero-order chi connectivity index (χ0) is 15.6. The van der Waals surface area contributed by atoms with Gasteiger partial charge in [0.2, 0.25) is 0 Å². The third kappa shape index (κ3) is 3.07. The molecule has 110 valence electrons. The number of Topliss-reactive ketones (excluding diaryl/α,β-unsaturated/α-hetero) is 2. The molecule has 0 amide bonds. The van der Waals surface area contributed by atoms with Gasteiger partial charge in [-0.15, -0.1) is 0 Å². The van der Waals surface area contributed by atoms with E-state index in [0.29, 0.717) is 17.9 Å². The Labute approximate surface area is 124 Å². The number of hydrogen-bond acceptors (Lipinski definition) is 4. The maximum absolute atomic E-state index is 12.0. The van der Waals surface area contributed by atoms with Crippen molar-refractivity contribution in [2.75, 3.05) is 0 Å². The summed E-state index contributed by atoms with van der Waals surface area (Å²) < 4.78 is 1.87. The first-order valence-corrected chi connectivity index (χ1v) is 6.89. The van der Waals surface area contributed by atoms with Crippen LogP contribution in [0.25, 0.3) is 0 Å². The smallest absolute Gasteiger partial charge is 0.178 e. The van der Waals surface area contributed by atoms with E-state index in [1.165, 1.54) is 13.8 Å². The van der Waals surface area contributed by atoms with E-state index in [1.807, 2.05) is 23.6 Å². The van der Waals surface area contributed by atoms with E-state index >= 15 is 0 Å². The van der Waals surface area contributed by atoms with Gasteiger partial charge >= 0.3 is 0 Å². The third-order valence-electron chi connectivity index (χ3n) is 3.63. The molecule has 0 fully saturated rings. The number of aromatic nitrogens is 3. The van der Waals surface area contributed by atoms with Crippen molar-refractivity contribution in [3.05, 3.63) is 47.3 Å². The van der Waals surface area contributed by atoms with E-state index in [1.54, 1.807) is 19.3 Å². The predicted octanol–water partition coefficient (Wildman–Crippen LogP) is 2.53. The van der Waals surface area contributed by atoms with Gasteiger partial charge in [0.1, 0.15) is 17.3 Å². The summed E-state index contributed by atoms with van der Waals surface area (Å²) in [4.78, 5) is 32.1. The Morgan fingerprint density at radius 2 is 1.86 bits per heavy atom. The van der Waals surface area contributed by atoms with Crippen LogP contribution in [0.15, 0.2) is 24.5 Å². The lowest BCUT2D eigenvalue weighted by Crippen LogP contribution is -2.14. The number of nitrogens with zero attached hydrogens (tertiary/aromatic N) is 3. The standard InChI is InChI=1S/C16H19N3O2/c1-10(11(2)20)15-16(12(3)21)19(13(4)18-15)9-14-5-7-17-8-6-14/h5-8,10H,9H2,1-4H3. The summed E-state index contributed by atoms with van der Waals surface area (Å²) in [7, 11) is 0. The van der Waals surface area contributed by atoms with Gasteiger partial charge in [-0.05, 0) is 38.5 Å². The molecule has 0 aliphatic rings. The van der Waals surface area contributed by atoms with E-state index in [-0.39, 0.29) is 17.5 Å². The molecule has 0 radical (unpaired) electrons. The maximum Gasteiger partial charge on any atom is 0.178 e. The lowest BCUT2D eigenvalue weighted by Gasteiger charge is -2.11. The van der Waals surface area contributed by atoms with Gasteiger partial charge in [0.25, 0.3) is 0 Å². The van der Waals surface area contributed by atoms with Crippen LogP contribution in [0, 0.1) is 6.92 Å². The quantitative estimate of drug-likeness (QED) is 0.792. The molecule has 5 heteroatoms. The normalized spacial score (nSPS) is 12.2. The molecule has 2 aromatic rings. The average molecular weight is 285 g/mol. The average Bonchev–Trinajstić information content (AvgIpc) is 2.76. The fourth-order valence-corrected chi connectivity index (χ4v) is 2.32. The molecule has 5 nitrogen and oxygen atoms in total. The second kappa shape index (κ2) is 5.99. The minimum absolute atomic E-state index is 0.00561. The Morgan fingerprint density at radius 3 is 2.38 bits per heavy atom. The molecule has 2 heterocycles. The number of hydrogen-bond donors (Lipinski definition) is 0. The molecule has 0 saturated heterocycles. The van der Waals surface area contributed by atoms with Crippen molar-refractivity contribution in [3.63, 3.8) is 0 Å². The number of ketones is 2. The molecule has 2 aromatic heterocycles. The highest BCUT2D eigenvalue weighted by atomic mass is 16.1. The topological polar surface area (TPSA) is 64.8 Å². The molecule has 0 spiro atoms. The number of aryl methyl sites for hydroxylation is 1. The number of rotatable bonds is 5. The van der Waals surface area contributed by atoms with E-state index in [9.17, 15) is 9.59 Å². The van der Waals surface area contributed by atoms with Gasteiger partial charge in [0.15, 0.2) is 5.78 Å². The van der Waals surface area contributed by atoms with Gasteiger partial charge in [-0.25, -0.2) is 4.98 Å². The van der Waals surface area contributed by atoms with Gasteiger partial charge in [-0.2, -0.15) is 0 Å². The van der Waals surface area contributed by atoms with E-state index in [0.717, 1.165) is 11.4 Å². The van der Waals surface area contributed by atoms with E-state index in [2.05, 4.69) is 9.97 Å². The highest BCUT2D eigenvalue weighted by Gasteiger charge is 2.24. The largest absolute Gasteiger partial charge is 0.321 e. The molecule has 0 aromatic carbocycles. The Kier molecular flexibility index (Phi) is 4.31. The SMILES string of the molecule is CC(=O)c1c(C(C)C(C)=O)nc(C)n1Cc1ccncc1. The number of carbonyl (C=O) groups excluding carboxylic acids is 2. The van der Waals surface area contributed by atoms with Crippen molar-refractivity contribution < 1.29 is 9.59 Å². The minimum Gasteiger partial charge on any atom is -0.321 e. The van der Waals surface area contributed by atoms with Gasteiger partial charge in [-0.1, -0.05) is 0 Å². The summed E-state index contributed by atoms with van der Waals surface area (Å²) in [6.07, 6.45) is 3.43. The zero-order valence-corrected chi connectivity index (χ0v) is 12.8. The number of pyridine rings is 1. The molecule has 0 bridgehead atoms. The molecule has 0 N–H and O–H groups in total. The van der Waals surface area contributed by atoms with Crippen LogP contribution in [-0.2, 0) is 11.3 Å². The van der Waals surface area contributed by atoms with Crippen molar-refractivity contribution in [2.45, 2.75) is 40.2 Å². The fourth-order valence-electron chi connectivity index (χ4n) is 2.32. The van der Waals surface area contributed by atoms with Crippen LogP contribution in [0.2, 0.25) is 0 Å². The summed E-state index contributed by atoms with van der Waals surface area (Å²) in [5.41, 5.74) is 2.13. The Morgan fingerprint density at radius 1 is 1.24 bits per heavy atom. The van der Waals surface area contributed by atoms with Gasteiger partial charge in [-0.3, -0.25) is 14.6 Å². The van der Waals surface area contributed by atoms with Crippen molar-refractivity contribution >= 4 is 11.6 Å². The first kappa shape index (κ1) is 15.1. The summed E-state index contributed by atoms with van der Waals surface area (Å²) in [5, 5.41) is 0. The van der Waals surface area contributed by atoms with E-state index < -0.39 is 0 Å². The zero-order valence-electron chi connectivity index (χ0n) is 12.8. The fraction of sp³-hybridized carbons (Fsp3) is 0.375. The lowest BCUT2D eigenvalue weighted by molar-refractivity contribution is -0.118. The van der Waals surface area contributed by atoms with Gasteiger partial charge in [0.05, 0.1) is 11.6 Å². The molecule has 0 saturated carbocycles. The lowest BCUT2D eigenvalue weighted by atomic mass is 10.0. The van der Waals surface area contributed by atoms with Crippen molar-refractivity contribution in [3.8, 4) is 0 Å². The molecule has 21 heavy (non-hydrogen) atoms. The molecule has 0 aliphatic carbocycles. The molecule has 0 aliphatic heterocycles. The molecular weight excluding hydrogens is 266 g/mol. The summed E-state index contributed by atoms with van der Waals surface area (Å²) in [6.45, 7) is 7.21. The van der Waals surface area contributed by atoms with Crippen LogP contribution < -0.4 is 0 Å². The van der Waals surface area contributed by atoms with Crippen molar-refractivity contribution in [2.24, 2.45) is 0 Å². The minimum atomic E-state index is -0.374. The van der Waals surface area contributed by atoms with Crippen LogP contribution in [0.4, 0.5) is 0 Å². The summed E-state index contributed by atoms with van der Waals surface area (Å²) in [6, 6.07) is 3.80. The highest BCUT2D eigenvalue weighted by molar-refractivity contribution is 5.96. The number of carbonyl (C=O) groups is 2. The van der Waals surface area contributed by atoms with Crippen molar-refractivity contribution in [1.82, 2.24) is 14.5 Å². The molecular formula is C16H19N3O2. The van der Waals surface area contributed by atoms with Crippen LogP contribution in [-0.4, -0.2) is 26.1 Å². The first-order chi connectivity index (χ1) is 9.91. The molecule has 2 rings (SSSR count). The van der Waals surface area contributed by atoms with E-state index in [4.69, 9.17) is 0 Å². The number of imidazole rings is 1. The van der Waals surface area contributed by atoms with Crippen molar-refractivity contribution in [1.29, 1.82) is 0 Å². The van der Waals surface area contributed by atoms with Crippen LogP contribution in [0.3, 0.4) is 0 Å². The van der Waals surface area contributed by atoms with Gasteiger partial charge < -0.3 is 4.57 Å². The van der Waals surface area contributed by atoms with Crippen LogP contribution in [0.5, 0.6) is 0 Å². The highest BCUT2D eigenvalue weighted by Crippen LogP contribution is 2.23. The van der Waals surface area contributed by atoms with Crippen LogP contribution >= 0.6 is 0 Å². The second-order valence-corrected chi connectivity index (χ2v) is 5.22. The predicted molar refractivity (Wildman–Crippen MR) is 79.4 cm³/mol. The van der Waals surface area contributed by atoms with Gasteiger partial charge in [0, 0.05) is 25.9 Å². The molecule has 1 unspecified atom stereocenters. The Balaban J connectivity index is 2.51. The van der Waals surface area contributed by atoms with Crippen LogP contribution in [0.1, 0.15) is 54.3 Å². The monoisotopic (exact) mass is 285 g/mol. The third-order valence-corrected chi connectivity index (χ3v) is 3.63. The first-order valence-electron chi connectivity index (χ1n) is 6.89. The Bertz CT molecular complexity index is 674. The Hall–Kier alpha value is -2.30. The molecule has 1 atom stereocenters. The maximum atomic E-state index is 12.0. The second-order valence-electron chi connectivity index (χ2n) is 5.22. The summed E-state index contributed by atoms with van der Waals surface area (Å²) in [5.74, 6) is 0.292. The summed E-state index contributed by atoms with van der Waals surface area (Å²) >= 11 is 0.